The standard InChI is InChI=1S/C11H14N2O/c1-9-4-6-10(7-5-9)11(14)8-12-13(2)3/h4-8H,1-3H3. The topological polar surface area (TPSA) is 32.7 Å². The molecule has 0 unspecified atom stereocenters. The van der Waals surface area contributed by atoms with Gasteiger partial charge in [-0.05, 0) is 6.92 Å². The lowest BCUT2D eigenvalue weighted by Gasteiger charge is -2.01. The molecule has 0 heterocycles. The maximum atomic E-state index is 11.5. The lowest BCUT2D eigenvalue weighted by atomic mass is 10.1. The van der Waals surface area contributed by atoms with E-state index in [-0.39, 0.29) is 5.78 Å². The number of hydrazone groups is 1. The van der Waals surface area contributed by atoms with Crippen LogP contribution in [-0.4, -0.2) is 31.1 Å². The molecule has 0 spiro atoms. The molecular weight excluding hydrogens is 176 g/mol. The van der Waals surface area contributed by atoms with E-state index in [1.54, 1.807) is 31.2 Å². The summed E-state index contributed by atoms with van der Waals surface area (Å²) in [5.74, 6) is -0.0706. The highest BCUT2D eigenvalue weighted by Crippen LogP contribution is 2.02. The molecule has 0 saturated carbocycles. The van der Waals surface area contributed by atoms with Crippen molar-refractivity contribution in [3.8, 4) is 0 Å². The van der Waals surface area contributed by atoms with Crippen LogP contribution in [-0.2, 0) is 0 Å². The number of aryl methyl sites for hydroxylation is 1. The van der Waals surface area contributed by atoms with E-state index in [4.69, 9.17) is 0 Å². The van der Waals surface area contributed by atoms with Crippen LogP contribution in [0.2, 0.25) is 0 Å². The van der Waals surface area contributed by atoms with Crippen LogP contribution < -0.4 is 0 Å². The van der Waals surface area contributed by atoms with Crippen LogP contribution in [0.25, 0.3) is 0 Å². The Morgan fingerprint density at radius 2 is 1.86 bits per heavy atom. The van der Waals surface area contributed by atoms with Gasteiger partial charge < -0.3 is 5.01 Å². The van der Waals surface area contributed by atoms with Crippen molar-refractivity contribution in [2.75, 3.05) is 14.1 Å². The fraction of sp³-hybridized carbons (Fsp3) is 0.273. The molecule has 0 aliphatic heterocycles. The average Bonchev–Trinajstić information content (AvgIpc) is 2.15. The summed E-state index contributed by atoms with van der Waals surface area (Å²) < 4.78 is 0. The van der Waals surface area contributed by atoms with Gasteiger partial charge in [-0.2, -0.15) is 5.10 Å². The maximum Gasteiger partial charge on any atom is 0.205 e. The van der Waals surface area contributed by atoms with Gasteiger partial charge in [-0.1, -0.05) is 29.8 Å². The van der Waals surface area contributed by atoms with Gasteiger partial charge in [0.1, 0.15) is 0 Å². The summed E-state index contributed by atoms with van der Waals surface area (Å²) in [7, 11) is 3.55. The lowest BCUT2D eigenvalue weighted by Crippen LogP contribution is -2.07. The molecular formula is C11H14N2O. The van der Waals surface area contributed by atoms with Crippen LogP contribution in [0.5, 0.6) is 0 Å². The molecule has 0 bridgehead atoms. The normalized spacial score (nSPS) is 10.5. The first-order valence-electron chi connectivity index (χ1n) is 4.42. The van der Waals surface area contributed by atoms with Crippen molar-refractivity contribution in [3.05, 3.63) is 35.4 Å². The minimum absolute atomic E-state index is 0.0706. The molecule has 0 radical (unpaired) electrons. The Labute approximate surface area is 84.0 Å². The Hall–Kier alpha value is -1.64. The van der Waals surface area contributed by atoms with Gasteiger partial charge in [0.15, 0.2) is 0 Å². The molecule has 0 aliphatic carbocycles. The SMILES string of the molecule is Cc1ccc(C(=O)C=NN(C)C)cc1. The Morgan fingerprint density at radius 3 is 2.36 bits per heavy atom. The van der Waals surface area contributed by atoms with E-state index in [9.17, 15) is 4.79 Å². The average molecular weight is 190 g/mol. The van der Waals surface area contributed by atoms with Gasteiger partial charge >= 0.3 is 0 Å². The fourth-order valence-electron chi connectivity index (χ4n) is 0.960. The molecule has 3 heteroatoms. The highest BCUT2D eigenvalue weighted by atomic mass is 16.1. The molecule has 0 amide bonds. The summed E-state index contributed by atoms with van der Waals surface area (Å²) in [5.41, 5.74) is 1.81. The summed E-state index contributed by atoms with van der Waals surface area (Å²) in [6.45, 7) is 1.99. The molecule has 0 saturated heterocycles. The van der Waals surface area contributed by atoms with Crippen molar-refractivity contribution in [1.82, 2.24) is 5.01 Å². The van der Waals surface area contributed by atoms with Crippen molar-refractivity contribution in [1.29, 1.82) is 0 Å². The molecule has 1 aromatic carbocycles. The van der Waals surface area contributed by atoms with Gasteiger partial charge in [0, 0.05) is 19.7 Å². The van der Waals surface area contributed by atoms with E-state index >= 15 is 0 Å². The van der Waals surface area contributed by atoms with Crippen molar-refractivity contribution in [2.45, 2.75) is 6.92 Å². The number of Topliss-reactive ketones (excluding diaryl/α,β-unsaturated/α-hetero) is 1. The third-order valence-electron chi connectivity index (χ3n) is 1.74. The zero-order valence-corrected chi connectivity index (χ0v) is 8.69. The van der Waals surface area contributed by atoms with E-state index in [0.717, 1.165) is 5.56 Å². The monoisotopic (exact) mass is 190 g/mol. The third-order valence-corrected chi connectivity index (χ3v) is 1.74. The van der Waals surface area contributed by atoms with Crippen LogP contribution in [0, 0.1) is 6.92 Å². The molecule has 1 rings (SSSR count). The van der Waals surface area contributed by atoms with Gasteiger partial charge in [-0.3, -0.25) is 4.79 Å². The molecule has 14 heavy (non-hydrogen) atoms. The lowest BCUT2D eigenvalue weighted by molar-refractivity contribution is 0.106. The van der Waals surface area contributed by atoms with E-state index < -0.39 is 0 Å². The quantitative estimate of drug-likeness (QED) is 0.413. The summed E-state index contributed by atoms with van der Waals surface area (Å²) in [6.07, 6.45) is 1.32. The van der Waals surface area contributed by atoms with E-state index in [0.29, 0.717) is 5.56 Å². The zero-order chi connectivity index (χ0) is 10.6. The summed E-state index contributed by atoms with van der Waals surface area (Å²) in [4.78, 5) is 11.5. The fourth-order valence-corrected chi connectivity index (χ4v) is 0.960. The second-order valence-corrected chi connectivity index (χ2v) is 3.32. The number of hydrogen-bond acceptors (Lipinski definition) is 3. The first kappa shape index (κ1) is 10.4. The minimum atomic E-state index is -0.0706. The number of rotatable bonds is 3. The first-order valence-corrected chi connectivity index (χ1v) is 4.42. The van der Waals surface area contributed by atoms with Crippen LogP contribution in [0.15, 0.2) is 29.4 Å². The molecule has 74 valence electrons. The van der Waals surface area contributed by atoms with E-state index in [1.807, 2.05) is 19.1 Å². The Bertz CT molecular complexity index is 339. The first-order chi connectivity index (χ1) is 6.59. The van der Waals surface area contributed by atoms with Crippen LogP contribution in [0.3, 0.4) is 0 Å². The van der Waals surface area contributed by atoms with Crippen molar-refractivity contribution in [3.63, 3.8) is 0 Å². The molecule has 1 aromatic rings. The number of ketones is 1. The predicted molar refractivity (Wildman–Crippen MR) is 57.7 cm³/mol. The van der Waals surface area contributed by atoms with Crippen molar-refractivity contribution >= 4 is 12.0 Å². The molecule has 0 aromatic heterocycles. The van der Waals surface area contributed by atoms with Crippen LogP contribution in [0.1, 0.15) is 15.9 Å². The molecule has 3 nitrogen and oxygen atoms in total. The Balaban J connectivity index is 2.75. The number of benzene rings is 1. The number of nitrogens with zero attached hydrogens (tertiary/aromatic N) is 2. The van der Waals surface area contributed by atoms with Gasteiger partial charge in [0.25, 0.3) is 0 Å². The largest absolute Gasteiger partial charge is 0.303 e. The smallest absolute Gasteiger partial charge is 0.205 e. The van der Waals surface area contributed by atoms with Gasteiger partial charge in [-0.25, -0.2) is 0 Å². The zero-order valence-electron chi connectivity index (χ0n) is 8.69. The Kier molecular flexibility index (Phi) is 3.40. The van der Waals surface area contributed by atoms with Gasteiger partial charge in [0.05, 0.1) is 6.21 Å². The summed E-state index contributed by atoms with van der Waals surface area (Å²) in [5, 5.41) is 5.47. The Morgan fingerprint density at radius 1 is 1.29 bits per heavy atom. The second kappa shape index (κ2) is 4.56. The number of carbonyl (C=O) groups is 1. The predicted octanol–water partition coefficient (Wildman–Crippen LogP) is 1.73. The highest BCUT2D eigenvalue weighted by Gasteiger charge is 2.00. The van der Waals surface area contributed by atoms with E-state index in [2.05, 4.69) is 5.10 Å². The molecule has 0 aliphatic rings. The number of hydrogen-bond donors (Lipinski definition) is 0. The minimum Gasteiger partial charge on any atom is -0.303 e. The van der Waals surface area contributed by atoms with Crippen molar-refractivity contribution < 1.29 is 4.79 Å². The van der Waals surface area contributed by atoms with Crippen LogP contribution >= 0.6 is 0 Å². The van der Waals surface area contributed by atoms with E-state index in [1.165, 1.54) is 6.21 Å². The number of carbonyl (C=O) groups excluding carboxylic acids is 1. The summed E-state index contributed by atoms with van der Waals surface area (Å²) >= 11 is 0. The van der Waals surface area contributed by atoms with Crippen molar-refractivity contribution in [2.24, 2.45) is 5.10 Å². The third kappa shape index (κ3) is 3.01. The summed E-state index contributed by atoms with van der Waals surface area (Å²) in [6, 6.07) is 7.44. The molecule has 0 N–H and O–H groups in total. The van der Waals surface area contributed by atoms with Gasteiger partial charge in [0.2, 0.25) is 5.78 Å². The highest BCUT2D eigenvalue weighted by molar-refractivity contribution is 6.35. The second-order valence-electron chi connectivity index (χ2n) is 3.32. The maximum absolute atomic E-state index is 11.5. The van der Waals surface area contributed by atoms with Gasteiger partial charge in [-0.15, -0.1) is 0 Å². The van der Waals surface area contributed by atoms with Crippen LogP contribution in [0.4, 0.5) is 0 Å². The molecule has 0 atom stereocenters. The molecule has 0 fully saturated rings.